The summed E-state index contributed by atoms with van der Waals surface area (Å²) >= 11 is 0. The Morgan fingerprint density at radius 2 is 1.08 bits per heavy atom. The molecule has 0 aliphatic carbocycles. The van der Waals surface area contributed by atoms with Crippen molar-refractivity contribution in [3.8, 4) is 17.2 Å². The first-order chi connectivity index (χ1) is 18.6. The number of ether oxygens (including phenoxy) is 4. The fraction of sp³-hybridized carbons (Fsp3) is 0.462. The van der Waals surface area contributed by atoms with E-state index in [-0.39, 0.29) is 11.5 Å². The number of hydrogen-bond donors (Lipinski definition) is 9. The van der Waals surface area contributed by atoms with Gasteiger partial charge in [-0.3, -0.25) is 0 Å². The lowest BCUT2D eigenvalue weighted by Crippen LogP contribution is -2.60. The number of rotatable bonds is 8. The molecule has 0 unspecified atom stereocenters. The zero-order valence-electron chi connectivity index (χ0n) is 20.5. The Morgan fingerprint density at radius 3 is 1.59 bits per heavy atom. The van der Waals surface area contributed by atoms with Gasteiger partial charge in [0, 0.05) is 6.07 Å². The van der Waals surface area contributed by atoms with Crippen molar-refractivity contribution in [2.75, 3.05) is 13.2 Å². The molecule has 2 aliphatic rings. The van der Waals surface area contributed by atoms with E-state index in [0.717, 1.165) is 5.56 Å². The van der Waals surface area contributed by atoms with Crippen LogP contribution >= 0.6 is 0 Å². The average molecular weight is 553 g/mol. The van der Waals surface area contributed by atoms with E-state index in [1.165, 1.54) is 18.2 Å². The van der Waals surface area contributed by atoms with Gasteiger partial charge in [0.2, 0.25) is 12.6 Å². The van der Waals surface area contributed by atoms with E-state index in [4.69, 9.17) is 18.9 Å². The zero-order valence-corrected chi connectivity index (χ0v) is 20.5. The molecule has 0 saturated carbocycles. The van der Waals surface area contributed by atoms with E-state index in [9.17, 15) is 46.0 Å². The van der Waals surface area contributed by atoms with Gasteiger partial charge in [0.25, 0.3) is 0 Å². The highest BCUT2D eigenvalue weighted by Crippen LogP contribution is 2.29. The largest absolute Gasteiger partial charge is 0.508 e. The van der Waals surface area contributed by atoms with Gasteiger partial charge in [0.15, 0.2) is 0 Å². The van der Waals surface area contributed by atoms with Gasteiger partial charge in [0.05, 0.1) is 13.2 Å². The molecule has 0 aromatic heterocycles. The van der Waals surface area contributed by atoms with Crippen molar-refractivity contribution < 1.29 is 64.9 Å². The summed E-state index contributed by atoms with van der Waals surface area (Å²) in [4.78, 5) is 0. The van der Waals surface area contributed by atoms with Crippen LogP contribution < -0.4 is 9.47 Å². The van der Waals surface area contributed by atoms with Gasteiger partial charge in [-0.1, -0.05) is 24.3 Å². The Morgan fingerprint density at radius 1 is 0.590 bits per heavy atom. The molecule has 2 aliphatic heterocycles. The summed E-state index contributed by atoms with van der Waals surface area (Å²) in [7, 11) is 0. The van der Waals surface area contributed by atoms with E-state index in [0.29, 0.717) is 11.3 Å². The molecule has 214 valence electrons. The van der Waals surface area contributed by atoms with Crippen LogP contribution in [0.15, 0.2) is 42.5 Å². The number of aromatic hydroxyl groups is 1. The third-order valence-electron chi connectivity index (χ3n) is 6.46. The summed E-state index contributed by atoms with van der Waals surface area (Å²) in [5, 5.41) is 88.7. The summed E-state index contributed by atoms with van der Waals surface area (Å²) in [6.45, 7) is -1.18. The minimum absolute atomic E-state index is 0.0993. The predicted molar refractivity (Wildman–Crippen MR) is 132 cm³/mol. The Bertz CT molecular complexity index is 1110. The van der Waals surface area contributed by atoms with Crippen molar-refractivity contribution in [3.63, 3.8) is 0 Å². The Hall–Kier alpha value is -2.82. The van der Waals surface area contributed by atoms with Crippen molar-refractivity contribution in [3.05, 3.63) is 53.6 Å². The molecule has 10 atom stereocenters. The first-order valence-corrected chi connectivity index (χ1v) is 12.2. The van der Waals surface area contributed by atoms with Crippen molar-refractivity contribution in [1.82, 2.24) is 0 Å². The van der Waals surface area contributed by atoms with Gasteiger partial charge in [-0.25, -0.2) is 0 Å². The topological polar surface area (TPSA) is 219 Å². The van der Waals surface area contributed by atoms with Crippen LogP contribution in [-0.4, -0.2) is 121 Å². The zero-order chi connectivity index (χ0) is 28.3. The SMILES string of the molecule is OC[C@@H]1O[C@@H](Oc2ccc(C=Cc3cc(O)cc(O[C@@H]4O[C@@H](CO)[C@@H](O)[C@@H](O)[C@@H]4O)c3)cc2)[C@H](O)[C@@H](O)[C@H]1O. The van der Waals surface area contributed by atoms with Crippen LogP contribution in [-0.2, 0) is 9.47 Å². The minimum Gasteiger partial charge on any atom is -0.508 e. The van der Waals surface area contributed by atoms with Gasteiger partial charge in [-0.05, 0) is 35.4 Å². The van der Waals surface area contributed by atoms with Crippen molar-refractivity contribution >= 4 is 12.2 Å². The molecule has 0 bridgehead atoms. The lowest BCUT2D eigenvalue weighted by molar-refractivity contribution is -0.277. The minimum atomic E-state index is -1.61. The third kappa shape index (κ3) is 6.67. The van der Waals surface area contributed by atoms with Crippen LogP contribution in [0, 0.1) is 0 Å². The maximum Gasteiger partial charge on any atom is 0.229 e. The van der Waals surface area contributed by atoms with Gasteiger partial charge in [-0.2, -0.15) is 0 Å². The van der Waals surface area contributed by atoms with E-state index < -0.39 is 74.6 Å². The summed E-state index contributed by atoms with van der Waals surface area (Å²) in [5.41, 5.74) is 1.23. The first kappa shape index (κ1) is 29.2. The Kier molecular flexibility index (Phi) is 9.40. The van der Waals surface area contributed by atoms with E-state index in [1.54, 1.807) is 36.4 Å². The van der Waals surface area contributed by atoms with Crippen LogP contribution in [0.25, 0.3) is 12.2 Å². The predicted octanol–water partition coefficient (Wildman–Crippen LogP) is -2.08. The van der Waals surface area contributed by atoms with Crippen molar-refractivity contribution in [2.45, 2.75) is 61.4 Å². The molecule has 13 heteroatoms. The molecule has 2 aromatic rings. The van der Waals surface area contributed by atoms with E-state index >= 15 is 0 Å². The molecule has 0 radical (unpaired) electrons. The number of aliphatic hydroxyl groups excluding tert-OH is 8. The van der Waals surface area contributed by atoms with Crippen LogP contribution in [0.4, 0.5) is 0 Å². The van der Waals surface area contributed by atoms with Gasteiger partial charge in [-0.15, -0.1) is 0 Å². The molecule has 0 spiro atoms. The molecule has 9 N–H and O–H groups in total. The Labute approximate surface area is 222 Å². The summed E-state index contributed by atoms with van der Waals surface area (Å²) in [6.07, 6.45) is -10.9. The molecule has 4 rings (SSSR count). The molecular weight excluding hydrogens is 520 g/mol. The highest BCUT2D eigenvalue weighted by molar-refractivity contribution is 5.71. The fourth-order valence-electron chi connectivity index (χ4n) is 4.22. The summed E-state index contributed by atoms with van der Waals surface area (Å²) in [5.74, 6) is 0.242. The maximum atomic E-state index is 10.2. The quantitative estimate of drug-likeness (QED) is 0.161. The van der Waals surface area contributed by atoms with Crippen LogP contribution in [0.1, 0.15) is 11.1 Å². The second-order valence-electron chi connectivity index (χ2n) is 9.29. The maximum absolute atomic E-state index is 10.2. The number of aliphatic hydroxyl groups is 8. The molecule has 2 aromatic carbocycles. The van der Waals surface area contributed by atoms with Gasteiger partial charge >= 0.3 is 0 Å². The van der Waals surface area contributed by atoms with Gasteiger partial charge < -0.3 is 64.9 Å². The van der Waals surface area contributed by atoms with Crippen LogP contribution in [0.2, 0.25) is 0 Å². The Balaban J connectivity index is 1.40. The summed E-state index contributed by atoms with van der Waals surface area (Å²) in [6, 6.07) is 10.8. The standard InChI is InChI=1S/C26H32O13/c27-10-17-19(30)21(32)23(34)25(38-17)36-15-5-3-12(4-6-15)1-2-13-7-14(29)9-16(8-13)37-26-24(35)22(33)20(31)18(11-28)39-26/h1-9,17-35H,10-11H2/t17-,18-,19-,20+,21-,22+,23+,24-,25+,26+/m0/s1. The van der Waals surface area contributed by atoms with Gasteiger partial charge in [0.1, 0.15) is 66.1 Å². The van der Waals surface area contributed by atoms with Crippen molar-refractivity contribution in [2.24, 2.45) is 0 Å². The molecular formula is C26H32O13. The third-order valence-corrected chi connectivity index (χ3v) is 6.46. The lowest BCUT2D eigenvalue weighted by atomic mass is 9.99. The molecule has 2 saturated heterocycles. The molecule has 2 heterocycles. The van der Waals surface area contributed by atoms with Crippen molar-refractivity contribution in [1.29, 1.82) is 0 Å². The highest BCUT2D eigenvalue weighted by Gasteiger charge is 2.45. The van der Waals surface area contributed by atoms with Crippen LogP contribution in [0.5, 0.6) is 17.2 Å². The molecule has 13 nitrogen and oxygen atoms in total. The summed E-state index contributed by atoms with van der Waals surface area (Å²) < 4.78 is 21.8. The second kappa shape index (κ2) is 12.6. The second-order valence-corrected chi connectivity index (χ2v) is 9.29. The highest BCUT2D eigenvalue weighted by atomic mass is 16.7. The molecule has 2 fully saturated rings. The number of phenolic OH excluding ortho intramolecular Hbond substituents is 1. The van der Waals surface area contributed by atoms with E-state index in [2.05, 4.69) is 0 Å². The molecule has 39 heavy (non-hydrogen) atoms. The smallest absolute Gasteiger partial charge is 0.229 e. The average Bonchev–Trinajstić information content (AvgIpc) is 2.93. The fourth-order valence-corrected chi connectivity index (χ4v) is 4.22. The van der Waals surface area contributed by atoms with Crippen LogP contribution in [0.3, 0.4) is 0 Å². The first-order valence-electron chi connectivity index (χ1n) is 12.2. The number of benzene rings is 2. The normalized spacial score (nSPS) is 35.2. The number of hydrogen-bond acceptors (Lipinski definition) is 13. The number of phenols is 1. The monoisotopic (exact) mass is 552 g/mol. The van der Waals surface area contributed by atoms with E-state index in [1.807, 2.05) is 0 Å². The lowest BCUT2D eigenvalue weighted by Gasteiger charge is -2.39. The molecule has 0 amide bonds.